The smallest absolute Gasteiger partial charge is 0.337 e. The van der Waals surface area contributed by atoms with E-state index in [1.165, 1.54) is 12.0 Å². The van der Waals surface area contributed by atoms with Gasteiger partial charge in [0.25, 0.3) is 0 Å². The van der Waals surface area contributed by atoms with E-state index in [2.05, 4.69) is 15.0 Å². The molecule has 1 fully saturated rings. The van der Waals surface area contributed by atoms with Crippen LogP contribution in [-0.2, 0) is 4.74 Å². The van der Waals surface area contributed by atoms with E-state index in [0.29, 0.717) is 10.7 Å². The molecule has 0 amide bonds. The van der Waals surface area contributed by atoms with Crippen LogP contribution in [0.1, 0.15) is 10.4 Å². The van der Waals surface area contributed by atoms with Gasteiger partial charge in [0, 0.05) is 5.69 Å². The van der Waals surface area contributed by atoms with Crippen LogP contribution in [0.3, 0.4) is 0 Å². The number of piperazine rings is 1. The van der Waals surface area contributed by atoms with Gasteiger partial charge in [0.05, 0.1) is 45.5 Å². The van der Waals surface area contributed by atoms with Crippen molar-refractivity contribution in [3.8, 4) is 0 Å². The number of nitrogens with one attached hydrogen (secondary N) is 2. The number of esters is 1. The van der Waals surface area contributed by atoms with Crippen molar-refractivity contribution < 1.29 is 19.5 Å². The molecule has 1 aromatic carbocycles. The Bertz CT molecular complexity index is 513. The molecule has 1 aliphatic rings. The number of nitrogens with zero attached hydrogens (tertiary/aromatic N) is 1. The number of carbonyl (C=O) groups excluding carboxylic acids is 1. The second kappa shape index (κ2) is 8.07. The monoisotopic (exact) mass is 324 g/mol. The summed E-state index contributed by atoms with van der Waals surface area (Å²) >= 11 is 5.43. The van der Waals surface area contributed by atoms with E-state index in [1.807, 2.05) is 12.1 Å². The van der Waals surface area contributed by atoms with Gasteiger partial charge in [-0.05, 0) is 36.5 Å². The molecule has 2 rings (SSSR count). The van der Waals surface area contributed by atoms with Gasteiger partial charge in [0.15, 0.2) is 5.11 Å². The summed E-state index contributed by atoms with van der Waals surface area (Å²) in [7, 11) is 1.36. The Kier molecular flexibility index (Phi) is 6.11. The summed E-state index contributed by atoms with van der Waals surface area (Å²) in [5.41, 5.74) is 1.36. The second-order valence-corrected chi connectivity index (χ2v) is 5.60. The van der Waals surface area contributed by atoms with Crippen LogP contribution in [-0.4, -0.2) is 67.5 Å². The number of ether oxygens (including phenoxy) is 1. The highest BCUT2D eigenvalue weighted by atomic mass is 32.1. The third-order valence-electron chi connectivity index (χ3n) is 3.78. The topological polar surface area (TPSA) is 66.2 Å². The lowest BCUT2D eigenvalue weighted by atomic mass is 10.2. The third-order valence-corrected chi connectivity index (χ3v) is 4.14. The van der Waals surface area contributed by atoms with Crippen molar-refractivity contribution in [3.63, 3.8) is 0 Å². The molecule has 0 atom stereocenters. The number of rotatable bonds is 4. The maximum Gasteiger partial charge on any atom is 0.337 e. The van der Waals surface area contributed by atoms with E-state index in [9.17, 15) is 4.79 Å². The van der Waals surface area contributed by atoms with Crippen LogP contribution in [0, 0.1) is 0 Å². The largest absolute Gasteiger partial charge is 0.465 e. The summed E-state index contributed by atoms with van der Waals surface area (Å²) in [5, 5.41) is 12.8. The molecule has 120 valence electrons. The minimum Gasteiger partial charge on any atom is -0.465 e. The predicted octanol–water partition coefficient (Wildman–Crippen LogP) is -0.637. The molecule has 1 aromatic rings. The average molecular weight is 324 g/mol. The molecule has 0 bridgehead atoms. The first-order valence-corrected chi connectivity index (χ1v) is 7.73. The van der Waals surface area contributed by atoms with Crippen molar-refractivity contribution in [2.75, 3.05) is 51.8 Å². The summed E-state index contributed by atoms with van der Waals surface area (Å²) in [4.78, 5) is 14.9. The van der Waals surface area contributed by atoms with Crippen molar-refractivity contribution in [2.45, 2.75) is 0 Å². The molecule has 1 aliphatic heterocycles. The van der Waals surface area contributed by atoms with E-state index in [4.69, 9.17) is 17.3 Å². The average Bonchev–Trinajstić information content (AvgIpc) is 2.55. The highest BCUT2D eigenvalue weighted by molar-refractivity contribution is 7.80. The van der Waals surface area contributed by atoms with Crippen molar-refractivity contribution >= 4 is 29.0 Å². The fourth-order valence-electron chi connectivity index (χ4n) is 2.44. The SMILES string of the molecule is COC(=O)c1ccc(NC(=S)N2CC[NH+](CCO)CC2)cc1. The molecule has 1 saturated heterocycles. The van der Waals surface area contributed by atoms with E-state index in [1.54, 1.807) is 12.1 Å². The lowest BCUT2D eigenvalue weighted by molar-refractivity contribution is -0.904. The predicted molar refractivity (Wildman–Crippen MR) is 88.2 cm³/mol. The molecule has 0 saturated carbocycles. The summed E-state index contributed by atoms with van der Waals surface area (Å²) in [6.45, 7) is 4.73. The van der Waals surface area contributed by atoms with Crippen molar-refractivity contribution in [3.05, 3.63) is 29.8 Å². The highest BCUT2D eigenvalue weighted by Crippen LogP contribution is 2.11. The zero-order valence-electron chi connectivity index (χ0n) is 12.7. The normalized spacial score (nSPS) is 15.5. The minimum absolute atomic E-state index is 0.227. The zero-order valence-corrected chi connectivity index (χ0v) is 13.5. The van der Waals surface area contributed by atoms with Crippen LogP contribution in [0.5, 0.6) is 0 Å². The van der Waals surface area contributed by atoms with Crippen LogP contribution in [0.15, 0.2) is 24.3 Å². The van der Waals surface area contributed by atoms with E-state index < -0.39 is 0 Å². The highest BCUT2D eigenvalue weighted by Gasteiger charge is 2.21. The van der Waals surface area contributed by atoms with Gasteiger partial charge in [-0.3, -0.25) is 0 Å². The summed E-state index contributed by atoms with van der Waals surface area (Å²) in [6, 6.07) is 7.04. The van der Waals surface area contributed by atoms with Crippen molar-refractivity contribution in [2.24, 2.45) is 0 Å². The Morgan fingerprint density at radius 1 is 1.36 bits per heavy atom. The number of anilines is 1. The van der Waals surface area contributed by atoms with Crippen LogP contribution in [0.4, 0.5) is 5.69 Å². The number of aliphatic hydroxyl groups excluding tert-OH is 1. The summed E-state index contributed by atoms with van der Waals surface area (Å²) in [5.74, 6) is -0.350. The molecule has 22 heavy (non-hydrogen) atoms. The molecule has 0 unspecified atom stereocenters. The fraction of sp³-hybridized carbons (Fsp3) is 0.467. The van der Waals surface area contributed by atoms with Crippen molar-refractivity contribution in [1.82, 2.24) is 4.90 Å². The number of methoxy groups -OCH3 is 1. The maximum atomic E-state index is 11.4. The Morgan fingerprint density at radius 3 is 2.55 bits per heavy atom. The minimum atomic E-state index is -0.350. The molecule has 0 spiro atoms. The lowest BCUT2D eigenvalue weighted by Gasteiger charge is -2.33. The first kappa shape index (κ1) is 16.7. The fourth-order valence-corrected chi connectivity index (χ4v) is 2.74. The Hall–Kier alpha value is -1.70. The molecule has 0 aromatic heterocycles. The Morgan fingerprint density at radius 2 is 2.00 bits per heavy atom. The number of carbonyl (C=O) groups is 1. The van der Waals surface area contributed by atoms with Crippen LogP contribution in [0.2, 0.25) is 0 Å². The van der Waals surface area contributed by atoms with Crippen LogP contribution >= 0.6 is 12.2 Å². The number of aliphatic hydroxyl groups is 1. The van der Waals surface area contributed by atoms with E-state index in [0.717, 1.165) is 38.4 Å². The number of thiocarbonyl (C=S) groups is 1. The summed E-state index contributed by atoms with van der Waals surface area (Å²) in [6.07, 6.45) is 0. The van der Waals surface area contributed by atoms with Gasteiger partial charge in [0.2, 0.25) is 0 Å². The van der Waals surface area contributed by atoms with E-state index in [-0.39, 0.29) is 12.6 Å². The van der Waals surface area contributed by atoms with Crippen LogP contribution < -0.4 is 10.2 Å². The first-order chi connectivity index (χ1) is 10.6. The van der Waals surface area contributed by atoms with Gasteiger partial charge in [-0.2, -0.15) is 0 Å². The molecule has 1 heterocycles. The van der Waals surface area contributed by atoms with Gasteiger partial charge in [-0.1, -0.05) is 0 Å². The number of hydrogen-bond acceptors (Lipinski definition) is 4. The Balaban J connectivity index is 1.86. The second-order valence-electron chi connectivity index (χ2n) is 5.21. The first-order valence-electron chi connectivity index (χ1n) is 7.32. The molecule has 3 N–H and O–H groups in total. The number of benzene rings is 1. The standard InChI is InChI=1S/C15H21N3O3S/c1-21-14(20)12-2-4-13(5-3-12)16-15(22)18-8-6-17(7-9-18)10-11-19/h2-5,19H,6-11H2,1H3,(H,16,22)/p+1. The van der Waals surface area contributed by atoms with Gasteiger partial charge in [-0.25, -0.2) is 4.79 Å². The molecular formula is C15H22N3O3S+. The molecule has 0 aliphatic carbocycles. The third kappa shape index (κ3) is 4.40. The maximum absolute atomic E-state index is 11.4. The van der Waals surface area contributed by atoms with Gasteiger partial charge >= 0.3 is 5.97 Å². The number of hydrogen-bond donors (Lipinski definition) is 3. The molecule has 7 heteroatoms. The zero-order chi connectivity index (χ0) is 15.9. The van der Waals surface area contributed by atoms with Gasteiger partial charge in [-0.15, -0.1) is 0 Å². The molecule has 0 radical (unpaired) electrons. The molecule has 6 nitrogen and oxygen atoms in total. The van der Waals surface area contributed by atoms with Gasteiger partial charge < -0.3 is 25.0 Å². The van der Waals surface area contributed by atoms with Gasteiger partial charge in [0.1, 0.15) is 6.54 Å². The number of quaternary nitrogens is 1. The van der Waals surface area contributed by atoms with Crippen molar-refractivity contribution in [1.29, 1.82) is 0 Å². The van der Waals surface area contributed by atoms with Crippen LogP contribution in [0.25, 0.3) is 0 Å². The quantitative estimate of drug-likeness (QED) is 0.506. The molecular weight excluding hydrogens is 302 g/mol. The Labute approximate surface area is 135 Å². The van der Waals surface area contributed by atoms with E-state index >= 15 is 0 Å². The summed E-state index contributed by atoms with van der Waals surface area (Å²) < 4.78 is 4.67. The lowest BCUT2D eigenvalue weighted by Crippen LogP contribution is -3.15.